The molecule has 0 radical (unpaired) electrons. The number of nitrogens with one attached hydrogen (secondary N) is 1. The van der Waals surface area contributed by atoms with Crippen molar-refractivity contribution in [1.29, 1.82) is 0 Å². The highest BCUT2D eigenvalue weighted by molar-refractivity contribution is 5.98. The summed E-state index contributed by atoms with van der Waals surface area (Å²) in [5.41, 5.74) is 8.87. The maximum Gasteiger partial charge on any atom is 0.220 e. The number of aryl methyl sites for hydroxylation is 2. The summed E-state index contributed by atoms with van der Waals surface area (Å²) >= 11 is 0. The molecule has 1 aliphatic rings. The molecule has 3 N–H and O–H groups in total. The molecule has 1 amide bonds. The highest BCUT2D eigenvalue weighted by atomic mass is 35.5. The second kappa shape index (κ2) is 8.30. The lowest BCUT2D eigenvalue weighted by atomic mass is 10.0. The summed E-state index contributed by atoms with van der Waals surface area (Å²) < 4.78 is 0. The van der Waals surface area contributed by atoms with Crippen molar-refractivity contribution < 1.29 is 9.59 Å². The van der Waals surface area contributed by atoms with Gasteiger partial charge in [-0.25, -0.2) is 0 Å². The zero-order valence-corrected chi connectivity index (χ0v) is 14.0. The average molecular weight is 325 g/mol. The van der Waals surface area contributed by atoms with Crippen LogP contribution in [0.3, 0.4) is 0 Å². The Balaban J connectivity index is 0.00000242. The largest absolute Gasteiger partial charge is 0.355 e. The van der Waals surface area contributed by atoms with E-state index in [0.29, 0.717) is 18.0 Å². The summed E-state index contributed by atoms with van der Waals surface area (Å²) in [4.78, 5) is 23.8. The summed E-state index contributed by atoms with van der Waals surface area (Å²) in [5.74, 6) is 0.491. The number of halogens is 1. The van der Waals surface area contributed by atoms with Crippen LogP contribution < -0.4 is 11.1 Å². The van der Waals surface area contributed by atoms with Gasteiger partial charge in [0, 0.05) is 31.0 Å². The Morgan fingerprint density at radius 3 is 2.50 bits per heavy atom. The minimum atomic E-state index is -0.0942. The highest BCUT2D eigenvalue weighted by Crippen LogP contribution is 2.31. The number of carbonyl (C=O) groups is 2. The molecular formula is C17H25ClN2O2. The first-order valence-corrected chi connectivity index (χ1v) is 7.60. The van der Waals surface area contributed by atoms with Crippen molar-refractivity contribution in [3.63, 3.8) is 0 Å². The smallest absolute Gasteiger partial charge is 0.220 e. The lowest BCUT2D eigenvalue weighted by Gasteiger charge is -2.11. The fourth-order valence-corrected chi connectivity index (χ4v) is 2.30. The molecule has 1 aromatic rings. The third-order valence-electron chi connectivity index (χ3n) is 4.17. The highest BCUT2D eigenvalue weighted by Gasteiger charge is 2.28. The van der Waals surface area contributed by atoms with Gasteiger partial charge in [0.05, 0.1) is 0 Å². The van der Waals surface area contributed by atoms with E-state index in [1.54, 1.807) is 0 Å². The number of amides is 1. The van der Waals surface area contributed by atoms with Crippen LogP contribution >= 0.6 is 12.4 Å². The maximum atomic E-state index is 12.1. The lowest BCUT2D eigenvalue weighted by Crippen LogP contribution is -2.38. The van der Waals surface area contributed by atoms with E-state index < -0.39 is 0 Å². The Labute approximate surface area is 138 Å². The third-order valence-corrected chi connectivity index (χ3v) is 4.17. The molecule has 1 aromatic carbocycles. The molecule has 1 aliphatic carbocycles. The van der Waals surface area contributed by atoms with Crippen molar-refractivity contribution in [2.75, 3.05) is 6.54 Å². The minimum Gasteiger partial charge on any atom is -0.355 e. The van der Waals surface area contributed by atoms with Crippen molar-refractivity contribution in [3.8, 4) is 0 Å². The fourth-order valence-electron chi connectivity index (χ4n) is 2.30. The number of hydrogen-bond acceptors (Lipinski definition) is 3. The van der Waals surface area contributed by atoms with Crippen LogP contribution in [0.1, 0.15) is 47.2 Å². The Hall–Kier alpha value is -1.39. The molecule has 4 nitrogen and oxygen atoms in total. The molecule has 22 heavy (non-hydrogen) atoms. The Kier molecular flexibility index (Phi) is 7.04. The van der Waals surface area contributed by atoms with Gasteiger partial charge in [-0.1, -0.05) is 12.1 Å². The number of ketones is 1. The second-order valence-corrected chi connectivity index (χ2v) is 6.03. The van der Waals surface area contributed by atoms with Gasteiger partial charge >= 0.3 is 0 Å². The molecule has 0 saturated heterocycles. The van der Waals surface area contributed by atoms with E-state index in [0.717, 1.165) is 5.56 Å². The maximum absolute atomic E-state index is 12.1. The molecule has 5 heteroatoms. The van der Waals surface area contributed by atoms with Gasteiger partial charge in [-0.15, -0.1) is 12.4 Å². The summed E-state index contributed by atoms with van der Waals surface area (Å²) in [7, 11) is 0. The predicted octanol–water partition coefficient (Wildman–Crippen LogP) is 2.54. The first-order chi connectivity index (χ1) is 9.97. The number of rotatable bonds is 7. The number of carbonyl (C=O) groups excluding carboxylic acids is 2. The summed E-state index contributed by atoms with van der Waals surface area (Å²) in [6, 6.07) is 5.71. The van der Waals surface area contributed by atoms with Gasteiger partial charge < -0.3 is 11.1 Å². The van der Waals surface area contributed by atoms with E-state index in [1.807, 2.05) is 32.0 Å². The summed E-state index contributed by atoms with van der Waals surface area (Å²) in [5, 5.41) is 2.81. The summed E-state index contributed by atoms with van der Waals surface area (Å²) in [6.45, 7) is 4.51. The Bertz CT molecular complexity index is 541. The zero-order chi connectivity index (χ0) is 15.4. The van der Waals surface area contributed by atoms with E-state index in [9.17, 15) is 9.59 Å². The molecule has 0 heterocycles. The molecule has 0 aliphatic heterocycles. The van der Waals surface area contributed by atoms with Gasteiger partial charge in [0.2, 0.25) is 5.91 Å². The molecule has 0 spiro atoms. The van der Waals surface area contributed by atoms with Crippen LogP contribution in [0.2, 0.25) is 0 Å². The fraction of sp³-hybridized carbons (Fsp3) is 0.529. The topological polar surface area (TPSA) is 72.2 Å². The average Bonchev–Trinajstić information content (AvgIpc) is 3.29. The SMILES string of the molecule is Cc1ccc(C(=O)CCC(=O)NCC(N)C2CC2)cc1C.Cl. The van der Waals surface area contributed by atoms with E-state index in [2.05, 4.69) is 5.32 Å². The van der Waals surface area contributed by atoms with E-state index in [1.165, 1.54) is 18.4 Å². The van der Waals surface area contributed by atoms with Gasteiger partial charge in [0.1, 0.15) is 0 Å². The molecule has 122 valence electrons. The van der Waals surface area contributed by atoms with Crippen molar-refractivity contribution in [2.24, 2.45) is 11.7 Å². The van der Waals surface area contributed by atoms with E-state index in [4.69, 9.17) is 5.73 Å². The number of Topliss-reactive ketones (excluding diaryl/α,β-unsaturated/α-hetero) is 1. The van der Waals surface area contributed by atoms with Crippen LogP contribution in [0, 0.1) is 19.8 Å². The number of nitrogens with two attached hydrogens (primary N) is 1. The van der Waals surface area contributed by atoms with Crippen LogP contribution in [-0.4, -0.2) is 24.3 Å². The summed E-state index contributed by atoms with van der Waals surface area (Å²) in [6.07, 6.45) is 2.81. The number of hydrogen-bond donors (Lipinski definition) is 2. The first kappa shape index (κ1) is 18.7. The molecule has 1 unspecified atom stereocenters. The molecule has 0 bridgehead atoms. The van der Waals surface area contributed by atoms with Crippen LogP contribution in [0.15, 0.2) is 18.2 Å². The molecular weight excluding hydrogens is 300 g/mol. The molecule has 1 atom stereocenters. The Morgan fingerprint density at radius 2 is 1.91 bits per heavy atom. The number of benzene rings is 1. The second-order valence-electron chi connectivity index (χ2n) is 6.03. The van der Waals surface area contributed by atoms with Gasteiger partial charge in [0.15, 0.2) is 5.78 Å². The van der Waals surface area contributed by atoms with Crippen LogP contribution in [0.4, 0.5) is 0 Å². The molecule has 2 rings (SSSR count). The molecule has 0 aromatic heterocycles. The van der Waals surface area contributed by atoms with Crippen molar-refractivity contribution in [1.82, 2.24) is 5.32 Å². The first-order valence-electron chi connectivity index (χ1n) is 7.60. The van der Waals surface area contributed by atoms with Crippen LogP contribution in [0.5, 0.6) is 0 Å². The standard InChI is InChI=1S/C17H24N2O2.ClH/c1-11-3-4-14(9-12(11)2)16(20)7-8-17(21)19-10-15(18)13-5-6-13;/h3-4,9,13,15H,5-8,10,18H2,1-2H3,(H,19,21);1H. The van der Waals surface area contributed by atoms with Crippen molar-refractivity contribution in [2.45, 2.75) is 45.6 Å². The van der Waals surface area contributed by atoms with E-state index in [-0.39, 0.29) is 43.0 Å². The van der Waals surface area contributed by atoms with Crippen molar-refractivity contribution in [3.05, 3.63) is 34.9 Å². The Morgan fingerprint density at radius 1 is 1.23 bits per heavy atom. The van der Waals surface area contributed by atoms with Crippen LogP contribution in [0.25, 0.3) is 0 Å². The molecule has 1 fully saturated rings. The van der Waals surface area contributed by atoms with Gasteiger partial charge in [-0.05, 0) is 49.8 Å². The van der Waals surface area contributed by atoms with Gasteiger partial charge in [-0.2, -0.15) is 0 Å². The quantitative estimate of drug-likeness (QED) is 0.757. The van der Waals surface area contributed by atoms with Gasteiger partial charge in [0.25, 0.3) is 0 Å². The monoisotopic (exact) mass is 324 g/mol. The van der Waals surface area contributed by atoms with E-state index >= 15 is 0 Å². The molecule has 1 saturated carbocycles. The minimum absolute atomic E-state index is 0. The third kappa shape index (κ3) is 5.43. The van der Waals surface area contributed by atoms with Crippen LogP contribution in [-0.2, 0) is 4.79 Å². The normalized spacial score (nSPS) is 14.9. The van der Waals surface area contributed by atoms with Crippen molar-refractivity contribution >= 4 is 24.1 Å². The lowest BCUT2D eigenvalue weighted by molar-refractivity contribution is -0.121. The predicted molar refractivity (Wildman–Crippen MR) is 90.4 cm³/mol. The van der Waals surface area contributed by atoms with Gasteiger partial charge in [-0.3, -0.25) is 9.59 Å². The zero-order valence-electron chi connectivity index (χ0n) is 13.2.